The van der Waals surface area contributed by atoms with E-state index in [1.165, 1.54) is 26.8 Å². The molecule has 0 radical (unpaired) electrons. The van der Waals surface area contributed by atoms with Crippen molar-refractivity contribution in [2.75, 3.05) is 19.8 Å². The van der Waals surface area contributed by atoms with Crippen LogP contribution in [0.3, 0.4) is 0 Å². The highest BCUT2D eigenvalue weighted by Crippen LogP contribution is 2.70. The molecule has 0 N–H and O–H groups in total. The standard InChI is InChI=1S/C31H44O11/c1-8-17(2)28(36)42-23-9-10-30(15-39-30)31(16-38-19(4)32)25(41-21(6)34)11-18(3)29(7,27(23)31)13-24(40-20(5)33)22-12-26(35)37-14-22/h12,17-18,23-25,27H,8-11,13-16H2,1-7H3/t17-,18+,23-,24-,25+,27-,29+,30+,31-/m1/s1. The molecule has 0 amide bonds. The number of fused-ring (bicyclic) bond motifs is 2. The van der Waals surface area contributed by atoms with Gasteiger partial charge in [-0.25, -0.2) is 4.79 Å². The molecule has 11 nitrogen and oxygen atoms in total. The van der Waals surface area contributed by atoms with Crippen molar-refractivity contribution in [1.82, 2.24) is 0 Å². The van der Waals surface area contributed by atoms with Crippen molar-refractivity contribution < 1.29 is 52.4 Å². The zero-order valence-corrected chi connectivity index (χ0v) is 25.7. The molecule has 234 valence electrons. The molecule has 0 aromatic carbocycles. The molecule has 2 aliphatic heterocycles. The molecule has 0 bridgehead atoms. The van der Waals surface area contributed by atoms with Gasteiger partial charge in [-0.1, -0.05) is 27.7 Å². The zero-order chi connectivity index (χ0) is 31.0. The second-order valence-electron chi connectivity index (χ2n) is 12.8. The summed E-state index contributed by atoms with van der Waals surface area (Å²) < 4.78 is 35.2. The van der Waals surface area contributed by atoms with Crippen LogP contribution >= 0.6 is 0 Å². The number of cyclic esters (lactones) is 1. The molecular formula is C31H44O11. The number of hydrogen-bond acceptors (Lipinski definition) is 11. The van der Waals surface area contributed by atoms with E-state index in [0.29, 0.717) is 37.9 Å². The van der Waals surface area contributed by atoms with E-state index in [-0.39, 0.29) is 37.4 Å². The maximum absolute atomic E-state index is 13.3. The van der Waals surface area contributed by atoms with E-state index in [1.54, 1.807) is 0 Å². The maximum Gasteiger partial charge on any atom is 0.331 e. The third-order valence-corrected chi connectivity index (χ3v) is 10.2. The fourth-order valence-corrected chi connectivity index (χ4v) is 7.70. The van der Waals surface area contributed by atoms with Gasteiger partial charge >= 0.3 is 29.8 Å². The molecule has 4 aliphatic rings. The normalized spacial score (nSPS) is 36.5. The Balaban J connectivity index is 1.89. The van der Waals surface area contributed by atoms with Crippen LogP contribution in [0, 0.1) is 28.6 Å². The molecule has 1 spiro atoms. The fraction of sp³-hybridized carbons (Fsp3) is 0.774. The van der Waals surface area contributed by atoms with Crippen molar-refractivity contribution in [3.63, 3.8) is 0 Å². The molecule has 2 aliphatic carbocycles. The monoisotopic (exact) mass is 592 g/mol. The lowest BCUT2D eigenvalue weighted by atomic mass is 9.42. The molecule has 0 aromatic heterocycles. The van der Waals surface area contributed by atoms with Crippen LogP contribution in [0.1, 0.15) is 80.6 Å². The summed E-state index contributed by atoms with van der Waals surface area (Å²) in [6.45, 7) is 12.1. The SMILES string of the molecule is CC[C@@H](C)C(=O)O[C@@H]1CC[C@]2(CO2)[C@]2(COC(C)=O)[C@@H](OC(C)=O)C[C@H](C)[C@](C)(C[C@@H](OC(C)=O)C3=CC(=O)OC3)[C@@H]12. The zero-order valence-electron chi connectivity index (χ0n) is 25.7. The van der Waals surface area contributed by atoms with Gasteiger partial charge in [-0.15, -0.1) is 0 Å². The second-order valence-corrected chi connectivity index (χ2v) is 12.8. The first-order valence-electron chi connectivity index (χ1n) is 14.9. The third-order valence-electron chi connectivity index (χ3n) is 10.2. The Labute approximate surface area is 246 Å². The molecule has 0 unspecified atom stereocenters. The summed E-state index contributed by atoms with van der Waals surface area (Å²) in [6, 6.07) is 0. The van der Waals surface area contributed by atoms with Gasteiger partial charge in [0, 0.05) is 38.3 Å². The maximum atomic E-state index is 13.3. The van der Waals surface area contributed by atoms with Gasteiger partial charge in [-0.2, -0.15) is 0 Å². The van der Waals surface area contributed by atoms with Crippen LogP contribution in [0.15, 0.2) is 11.6 Å². The van der Waals surface area contributed by atoms with Gasteiger partial charge in [0.15, 0.2) is 0 Å². The number of ether oxygens (including phenoxy) is 6. The average Bonchev–Trinajstić information content (AvgIpc) is 3.56. The summed E-state index contributed by atoms with van der Waals surface area (Å²) in [7, 11) is 0. The first-order valence-corrected chi connectivity index (χ1v) is 14.9. The van der Waals surface area contributed by atoms with Gasteiger partial charge in [0.2, 0.25) is 0 Å². The molecule has 4 rings (SSSR count). The van der Waals surface area contributed by atoms with E-state index in [1.807, 2.05) is 20.8 Å². The minimum Gasteiger partial charge on any atom is -0.465 e. The lowest BCUT2D eigenvalue weighted by Gasteiger charge is -2.64. The van der Waals surface area contributed by atoms with E-state index >= 15 is 0 Å². The number of rotatable bonds is 10. The first-order chi connectivity index (χ1) is 19.7. The van der Waals surface area contributed by atoms with Gasteiger partial charge < -0.3 is 28.4 Å². The molecule has 42 heavy (non-hydrogen) atoms. The Hall–Kier alpha value is -2.95. The van der Waals surface area contributed by atoms with Crippen LogP contribution in [0.25, 0.3) is 0 Å². The Morgan fingerprint density at radius 2 is 1.79 bits per heavy atom. The Morgan fingerprint density at radius 3 is 2.31 bits per heavy atom. The van der Waals surface area contributed by atoms with Crippen molar-refractivity contribution in [3.8, 4) is 0 Å². The summed E-state index contributed by atoms with van der Waals surface area (Å²) in [5.41, 5.74) is -2.01. The highest BCUT2D eigenvalue weighted by molar-refractivity contribution is 5.85. The lowest BCUT2D eigenvalue weighted by Crippen LogP contribution is -2.71. The number of carbonyl (C=O) groups is 5. The number of hydrogen-bond donors (Lipinski definition) is 0. The van der Waals surface area contributed by atoms with Crippen LogP contribution in [0.5, 0.6) is 0 Å². The van der Waals surface area contributed by atoms with E-state index < -0.39 is 64.5 Å². The van der Waals surface area contributed by atoms with E-state index in [2.05, 4.69) is 6.92 Å². The van der Waals surface area contributed by atoms with E-state index in [4.69, 9.17) is 28.4 Å². The lowest BCUT2D eigenvalue weighted by molar-refractivity contribution is -0.260. The van der Waals surface area contributed by atoms with Crippen LogP contribution in [0.2, 0.25) is 0 Å². The predicted molar refractivity (Wildman–Crippen MR) is 146 cm³/mol. The van der Waals surface area contributed by atoms with Crippen molar-refractivity contribution in [2.45, 2.75) is 104 Å². The Morgan fingerprint density at radius 1 is 1.10 bits per heavy atom. The topological polar surface area (TPSA) is 144 Å². The molecular weight excluding hydrogens is 548 g/mol. The van der Waals surface area contributed by atoms with Gasteiger partial charge in [0.1, 0.15) is 37.1 Å². The Bertz CT molecular complexity index is 1140. The summed E-state index contributed by atoms with van der Waals surface area (Å²) >= 11 is 0. The quantitative estimate of drug-likeness (QED) is 0.209. The van der Waals surface area contributed by atoms with Gasteiger partial charge in [0.05, 0.1) is 17.9 Å². The predicted octanol–water partition coefficient (Wildman–Crippen LogP) is 3.46. The van der Waals surface area contributed by atoms with Crippen molar-refractivity contribution >= 4 is 29.8 Å². The highest BCUT2D eigenvalue weighted by atomic mass is 16.6. The molecule has 11 heteroatoms. The van der Waals surface area contributed by atoms with Gasteiger partial charge in [-0.3, -0.25) is 19.2 Å². The van der Waals surface area contributed by atoms with Crippen LogP contribution < -0.4 is 0 Å². The largest absolute Gasteiger partial charge is 0.465 e. The van der Waals surface area contributed by atoms with Crippen molar-refractivity contribution in [2.24, 2.45) is 28.6 Å². The van der Waals surface area contributed by atoms with Crippen molar-refractivity contribution in [1.29, 1.82) is 0 Å². The summed E-state index contributed by atoms with van der Waals surface area (Å²) in [6.07, 6.45) is 1.53. The highest BCUT2D eigenvalue weighted by Gasteiger charge is 2.77. The van der Waals surface area contributed by atoms with E-state index in [9.17, 15) is 24.0 Å². The van der Waals surface area contributed by atoms with Crippen LogP contribution in [0.4, 0.5) is 0 Å². The molecule has 0 aromatic rings. The molecule has 9 atom stereocenters. The minimum absolute atomic E-state index is 0.0000482. The van der Waals surface area contributed by atoms with Crippen molar-refractivity contribution in [3.05, 3.63) is 11.6 Å². The second kappa shape index (κ2) is 12.0. The summed E-state index contributed by atoms with van der Waals surface area (Å²) in [5, 5.41) is 0. The number of carbonyl (C=O) groups excluding carboxylic acids is 5. The molecule has 1 saturated heterocycles. The molecule has 3 fully saturated rings. The van der Waals surface area contributed by atoms with Gasteiger partial charge in [-0.05, 0) is 43.4 Å². The minimum atomic E-state index is -1.05. The molecule has 2 heterocycles. The fourth-order valence-electron chi connectivity index (χ4n) is 7.70. The van der Waals surface area contributed by atoms with Crippen LogP contribution in [-0.2, 0) is 52.4 Å². The Kier molecular flexibility index (Phi) is 9.11. The van der Waals surface area contributed by atoms with Gasteiger partial charge in [0.25, 0.3) is 0 Å². The number of esters is 5. The smallest absolute Gasteiger partial charge is 0.331 e. The summed E-state index contributed by atoms with van der Waals surface area (Å²) in [5.74, 6) is -3.34. The first kappa shape index (κ1) is 32.0. The third kappa shape index (κ3) is 5.81. The van der Waals surface area contributed by atoms with E-state index in [0.717, 1.165) is 0 Å². The number of epoxide rings is 1. The average molecular weight is 593 g/mol. The molecule has 2 saturated carbocycles. The van der Waals surface area contributed by atoms with Crippen LogP contribution in [-0.4, -0.2) is 73.6 Å². The summed E-state index contributed by atoms with van der Waals surface area (Å²) in [4.78, 5) is 62.3.